The summed E-state index contributed by atoms with van der Waals surface area (Å²) in [6, 6.07) is 0.700. The van der Waals surface area contributed by atoms with Crippen molar-refractivity contribution < 1.29 is 4.74 Å². The lowest BCUT2D eigenvalue weighted by molar-refractivity contribution is 0.162. The topological polar surface area (TPSA) is 41.5 Å². The number of ether oxygens (including phenoxy) is 1. The molecule has 0 aromatic carbocycles. The van der Waals surface area contributed by atoms with Crippen LogP contribution in [-0.4, -0.2) is 54.2 Å². The first-order valence-electron chi connectivity index (χ1n) is 9.68. The Morgan fingerprint density at radius 1 is 1.04 bits per heavy atom. The highest BCUT2D eigenvalue weighted by Gasteiger charge is 2.39. The zero-order valence-electron chi connectivity index (χ0n) is 14.9. The van der Waals surface area contributed by atoms with Gasteiger partial charge in [-0.3, -0.25) is 4.90 Å². The molecule has 1 aliphatic carbocycles. The minimum absolute atomic E-state index is 0.700. The molecule has 24 heavy (non-hydrogen) atoms. The molecule has 2 atom stereocenters. The zero-order valence-corrected chi connectivity index (χ0v) is 14.9. The van der Waals surface area contributed by atoms with Crippen LogP contribution >= 0.6 is 0 Å². The predicted molar refractivity (Wildman–Crippen MR) is 95.5 cm³/mol. The minimum Gasteiger partial charge on any atom is -0.494 e. The second-order valence-corrected chi connectivity index (χ2v) is 7.77. The molecule has 3 aliphatic rings. The maximum atomic E-state index is 5.18. The quantitative estimate of drug-likeness (QED) is 0.849. The Labute approximate surface area is 145 Å². The number of nitrogens with zero attached hydrogens (tertiary/aromatic N) is 4. The van der Waals surface area contributed by atoms with Gasteiger partial charge in [0.05, 0.1) is 19.5 Å². The second kappa shape index (κ2) is 7.26. The Morgan fingerprint density at radius 2 is 1.79 bits per heavy atom. The standard InChI is InChI=1S/C19H30N4O/c1-24-17-11-20-19(21-12-17)23-10-8-16-7-9-22(18(16)14-23)13-15-5-3-2-4-6-15/h11-12,15-16,18H,2-10,13-14H2,1H3. The average molecular weight is 330 g/mol. The van der Waals surface area contributed by atoms with E-state index in [0.717, 1.165) is 36.6 Å². The summed E-state index contributed by atoms with van der Waals surface area (Å²) in [5, 5.41) is 0. The maximum absolute atomic E-state index is 5.18. The fourth-order valence-corrected chi connectivity index (χ4v) is 4.92. The molecule has 0 bridgehead atoms. The molecular formula is C19H30N4O. The monoisotopic (exact) mass is 330 g/mol. The van der Waals surface area contributed by atoms with E-state index in [4.69, 9.17) is 4.74 Å². The van der Waals surface area contributed by atoms with E-state index in [1.807, 2.05) is 0 Å². The van der Waals surface area contributed by atoms with Crippen LogP contribution in [0.15, 0.2) is 12.4 Å². The molecule has 5 heteroatoms. The van der Waals surface area contributed by atoms with Crippen molar-refractivity contribution in [2.75, 3.05) is 38.2 Å². The third-order valence-electron chi connectivity index (χ3n) is 6.33. The molecule has 5 nitrogen and oxygen atoms in total. The van der Waals surface area contributed by atoms with Gasteiger partial charge >= 0.3 is 0 Å². The van der Waals surface area contributed by atoms with Gasteiger partial charge in [-0.15, -0.1) is 0 Å². The number of hydrogen-bond acceptors (Lipinski definition) is 5. The van der Waals surface area contributed by atoms with Crippen LogP contribution in [0.25, 0.3) is 0 Å². The lowest BCUT2D eigenvalue weighted by atomic mass is 9.88. The van der Waals surface area contributed by atoms with Crippen molar-refractivity contribution in [1.82, 2.24) is 14.9 Å². The van der Waals surface area contributed by atoms with E-state index in [-0.39, 0.29) is 0 Å². The van der Waals surface area contributed by atoms with Crippen LogP contribution < -0.4 is 9.64 Å². The average Bonchev–Trinajstić information content (AvgIpc) is 3.05. The molecule has 3 heterocycles. The van der Waals surface area contributed by atoms with E-state index in [0.29, 0.717) is 6.04 Å². The first-order chi connectivity index (χ1) is 11.8. The molecule has 3 fully saturated rings. The molecule has 2 saturated heterocycles. The van der Waals surface area contributed by atoms with Gasteiger partial charge in [0.1, 0.15) is 0 Å². The van der Waals surface area contributed by atoms with Crippen molar-refractivity contribution in [3.8, 4) is 5.75 Å². The zero-order chi connectivity index (χ0) is 16.4. The molecule has 2 aliphatic heterocycles. The molecule has 0 N–H and O–H groups in total. The SMILES string of the molecule is COc1cnc(N2CCC3CCN(CC4CCCCC4)C3C2)nc1. The Kier molecular flexibility index (Phi) is 4.88. The first kappa shape index (κ1) is 16.1. The number of fused-ring (bicyclic) bond motifs is 1. The third kappa shape index (κ3) is 3.37. The Bertz CT molecular complexity index is 529. The molecule has 0 spiro atoms. The van der Waals surface area contributed by atoms with Crippen LogP contribution in [0.5, 0.6) is 5.75 Å². The van der Waals surface area contributed by atoms with Gasteiger partial charge in [-0.1, -0.05) is 19.3 Å². The van der Waals surface area contributed by atoms with Crippen LogP contribution in [0, 0.1) is 11.8 Å². The predicted octanol–water partition coefficient (Wildman–Crippen LogP) is 2.97. The van der Waals surface area contributed by atoms with Crippen LogP contribution in [0.3, 0.4) is 0 Å². The fourth-order valence-electron chi connectivity index (χ4n) is 4.92. The minimum atomic E-state index is 0.700. The largest absolute Gasteiger partial charge is 0.494 e. The maximum Gasteiger partial charge on any atom is 0.225 e. The number of hydrogen-bond donors (Lipinski definition) is 0. The highest BCUT2D eigenvalue weighted by molar-refractivity contribution is 5.33. The number of likely N-dealkylation sites (tertiary alicyclic amines) is 1. The van der Waals surface area contributed by atoms with E-state index in [1.165, 1.54) is 58.0 Å². The second-order valence-electron chi connectivity index (χ2n) is 7.77. The molecular weight excluding hydrogens is 300 g/mol. The van der Waals surface area contributed by atoms with Crippen molar-refractivity contribution in [3.05, 3.63) is 12.4 Å². The van der Waals surface area contributed by atoms with E-state index >= 15 is 0 Å². The first-order valence-corrected chi connectivity index (χ1v) is 9.68. The van der Waals surface area contributed by atoms with Crippen molar-refractivity contribution >= 4 is 5.95 Å². The molecule has 0 amide bonds. The Hall–Kier alpha value is -1.36. The number of anilines is 1. The summed E-state index contributed by atoms with van der Waals surface area (Å²) in [4.78, 5) is 14.2. The molecule has 0 radical (unpaired) electrons. The van der Waals surface area contributed by atoms with E-state index in [2.05, 4.69) is 19.8 Å². The van der Waals surface area contributed by atoms with Gasteiger partial charge in [0, 0.05) is 25.7 Å². The van der Waals surface area contributed by atoms with Gasteiger partial charge in [0.2, 0.25) is 5.95 Å². The molecule has 1 aromatic heterocycles. The highest BCUT2D eigenvalue weighted by Crippen LogP contribution is 2.35. The number of aromatic nitrogens is 2. The van der Waals surface area contributed by atoms with Gasteiger partial charge in [-0.05, 0) is 44.1 Å². The van der Waals surface area contributed by atoms with Crippen LogP contribution in [0.4, 0.5) is 5.95 Å². The number of piperidine rings is 1. The van der Waals surface area contributed by atoms with E-state index in [9.17, 15) is 0 Å². The van der Waals surface area contributed by atoms with Gasteiger partial charge in [-0.2, -0.15) is 0 Å². The fraction of sp³-hybridized carbons (Fsp3) is 0.789. The van der Waals surface area contributed by atoms with Crippen molar-refractivity contribution in [1.29, 1.82) is 0 Å². The number of rotatable bonds is 4. The summed E-state index contributed by atoms with van der Waals surface area (Å²) in [6.07, 6.45) is 13.4. The van der Waals surface area contributed by atoms with Crippen LogP contribution in [-0.2, 0) is 0 Å². The lowest BCUT2D eigenvalue weighted by Gasteiger charge is -2.40. The number of methoxy groups -OCH3 is 1. The summed E-state index contributed by atoms with van der Waals surface area (Å²) in [7, 11) is 1.66. The van der Waals surface area contributed by atoms with E-state index in [1.54, 1.807) is 19.5 Å². The summed E-state index contributed by atoms with van der Waals surface area (Å²) >= 11 is 0. The van der Waals surface area contributed by atoms with Gasteiger partial charge in [0.15, 0.2) is 5.75 Å². The molecule has 4 rings (SSSR count). The smallest absolute Gasteiger partial charge is 0.225 e. The molecule has 1 saturated carbocycles. The van der Waals surface area contributed by atoms with Crippen LogP contribution in [0.2, 0.25) is 0 Å². The third-order valence-corrected chi connectivity index (χ3v) is 6.33. The summed E-state index contributed by atoms with van der Waals surface area (Å²) in [5.74, 6) is 3.40. The van der Waals surface area contributed by atoms with Crippen LogP contribution in [0.1, 0.15) is 44.9 Å². The van der Waals surface area contributed by atoms with Gasteiger partial charge in [-0.25, -0.2) is 9.97 Å². The lowest BCUT2D eigenvalue weighted by Crippen LogP contribution is -2.49. The van der Waals surface area contributed by atoms with E-state index < -0.39 is 0 Å². The Balaban J connectivity index is 1.40. The normalized spacial score (nSPS) is 28.8. The van der Waals surface area contributed by atoms with Crippen molar-refractivity contribution in [3.63, 3.8) is 0 Å². The summed E-state index contributed by atoms with van der Waals surface area (Å²) < 4.78 is 5.18. The van der Waals surface area contributed by atoms with Gasteiger partial charge in [0.25, 0.3) is 0 Å². The molecule has 2 unspecified atom stereocenters. The van der Waals surface area contributed by atoms with Crippen molar-refractivity contribution in [2.24, 2.45) is 11.8 Å². The Morgan fingerprint density at radius 3 is 2.54 bits per heavy atom. The van der Waals surface area contributed by atoms with Crippen molar-refractivity contribution in [2.45, 2.75) is 51.0 Å². The van der Waals surface area contributed by atoms with Gasteiger partial charge < -0.3 is 9.64 Å². The summed E-state index contributed by atoms with van der Waals surface area (Å²) in [5.41, 5.74) is 0. The molecule has 132 valence electrons. The summed E-state index contributed by atoms with van der Waals surface area (Å²) in [6.45, 7) is 4.79. The highest BCUT2D eigenvalue weighted by atomic mass is 16.5. The molecule has 1 aromatic rings.